The highest BCUT2D eigenvalue weighted by Crippen LogP contribution is 2.37. The number of thiazole rings is 1. The fourth-order valence-corrected chi connectivity index (χ4v) is 4.01. The van der Waals surface area contributed by atoms with Crippen molar-refractivity contribution in [2.45, 2.75) is 45.5 Å². The van der Waals surface area contributed by atoms with E-state index in [1.165, 1.54) is 11.3 Å². The number of hydrogen-bond acceptors (Lipinski definition) is 7. The molecule has 2 aromatic carbocycles. The van der Waals surface area contributed by atoms with Crippen LogP contribution in [0.5, 0.6) is 11.5 Å². The Morgan fingerprint density at radius 3 is 2.50 bits per heavy atom. The van der Waals surface area contributed by atoms with Crippen LogP contribution in [0, 0.1) is 11.3 Å². The van der Waals surface area contributed by atoms with Crippen molar-refractivity contribution in [3.8, 4) is 17.6 Å². The van der Waals surface area contributed by atoms with Gasteiger partial charge in [0.15, 0.2) is 5.01 Å². The van der Waals surface area contributed by atoms with E-state index in [1.807, 2.05) is 64.1 Å². The molecule has 0 unspecified atom stereocenters. The second-order valence-electron chi connectivity index (χ2n) is 8.21. The average Bonchev–Trinajstić information content (AvgIpc) is 3.22. The van der Waals surface area contributed by atoms with Gasteiger partial charge in [0.05, 0.1) is 28.5 Å². The van der Waals surface area contributed by atoms with E-state index in [1.54, 1.807) is 7.11 Å². The van der Waals surface area contributed by atoms with Crippen molar-refractivity contribution < 1.29 is 18.8 Å². The van der Waals surface area contributed by atoms with Gasteiger partial charge in [-0.1, -0.05) is 12.1 Å². The number of rotatable bonds is 5. The normalized spacial score (nSPS) is 17.1. The number of nitriles is 1. The first-order valence-corrected chi connectivity index (χ1v) is 10.5. The van der Waals surface area contributed by atoms with Gasteiger partial charge in [0.2, 0.25) is 0 Å². The van der Waals surface area contributed by atoms with Crippen molar-refractivity contribution in [1.82, 2.24) is 4.98 Å². The molecule has 1 saturated heterocycles. The Balaban J connectivity index is 1.50. The van der Waals surface area contributed by atoms with E-state index in [4.69, 9.17) is 24.0 Å². The molecule has 3 aromatic rings. The lowest BCUT2D eigenvalue weighted by atomic mass is 9.78. The average molecular weight is 422 g/mol. The molecular weight excluding hydrogens is 399 g/mol. The minimum absolute atomic E-state index is 0.384. The summed E-state index contributed by atoms with van der Waals surface area (Å²) in [4.78, 5) is 4.24. The third-order valence-corrected chi connectivity index (χ3v) is 6.59. The van der Waals surface area contributed by atoms with Crippen molar-refractivity contribution in [3.05, 3.63) is 47.0 Å². The number of methoxy groups -OCH3 is 1. The molecule has 0 radical (unpaired) electrons. The van der Waals surface area contributed by atoms with E-state index in [0.29, 0.717) is 17.4 Å². The Labute approximate surface area is 180 Å². The molecule has 1 fully saturated rings. The monoisotopic (exact) mass is 422 g/mol. The molecule has 8 heteroatoms. The smallest absolute Gasteiger partial charge is 0.497 e. The Hall–Kier alpha value is -2.60. The summed E-state index contributed by atoms with van der Waals surface area (Å²) in [5.41, 5.74) is 1.80. The molecule has 6 nitrogen and oxygen atoms in total. The summed E-state index contributed by atoms with van der Waals surface area (Å²) in [5, 5.41) is 9.45. The van der Waals surface area contributed by atoms with Gasteiger partial charge in [-0.25, -0.2) is 4.98 Å². The molecule has 0 bridgehead atoms. The highest BCUT2D eigenvalue weighted by Gasteiger charge is 2.52. The quantitative estimate of drug-likeness (QED) is 0.578. The van der Waals surface area contributed by atoms with Gasteiger partial charge < -0.3 is 18.8 Å². The van der Waals surface area contributed by atoms with Gasteiger partial charge in [-0.3, -0.25) is 0 Å². The highest BCUT2D eigenvalue weighted by molar-refractivity contribution is 7.19. The SMILES string of the molecule is COc1cc(COc2ccc3nc(C#N)sc3c2)ccc1B1OC(C)(C)C(C)(C)O1. The van der Waals surface area contributed by atoms with E-state index < -0.39 is 18.3 Å². The lowest BCUT2D eigenvalue weighted by Crippen LogP contribution is -2.41. The lowest BCUT2D eigenvalue weighted by molar-refractivity contribution is 0.00578. The van der Waals surface area contributed by atoms with E-state index in [-0.39, 0.29) is 0 Å². The molecule has 1 aliphatic heterocycles. The van der Waals surface area contributed by atoms with Gasteiger partial charge in [-0.15, -0.1) is 11.3 Å². The molecule has 0 amide bonds. The van der Waals surface area contributed by atoms with Crippen LogP contribution in [0.3, 0.4) is 0 Å². The van der Waals surface area contributed by atoms with Crippen LogP contribution in [-0.2, 0) is 15.9 Å². The van der Waals surface area contributed by atoms with Gasteiger partial charge in [-0.2, -0.15) is 5.26 Å². The standard InChI is InChI=1S/C22H23BN2O4S/c1-21(2)22(3,4)29-23(28-21)16-8-6-14(10-18(16)26-5)13-27-15-7-9-17-19(11-15)30-20(12-24)25-17/h6-11H,13H2,1-5H3. The molecule has 0 atom stereocenters. The molecular formula is C22H23BN2O4S. The first kappa shape index (κ1) is 20.7. The number of hydrogen-bond donors (Lipinski definition) is 0. The maximum absolute atomic E-state index is 9.00. The van der Waals surface area contributed by atoms with Crippen LogP contribution in [0.15, 0.2) is 36.4 Å². The fourth-order valence-electron chi connectivity index (χ4n) is 3.22. The maximum atomic E-state index is 9.00. The van der Waals surface area contributed by atoms with Crippen molar-refractivity contribution in [2.75, 3.05) is 7.11 Å². The first-order valence-electron chi connectivity index (χ1n) is 9.68. The van der Waals surface area contributed by atoms with Crippen LogP contribution in [0.1, 0.15) is 38.3 Å². The lowest BCUT2D eigenvalue weighted by Gasteiger charge is -2.32. The van der Waals surface area contributed by atoms with Gasteiger partial charge in [-0.05, 0) is 57.5 Å². The first-order chi connectivity index (χ1) is 14.2. The summed E-state index contributed by atoms with van der Waals surface area (Å²) in [6, 6.07) is 13.6. The summed E-state index contributed by atoms with van der Waals surface area (Å²) >= 11 is 1.35. The second kappa shape index (κ2) is 7.58. The number of ether oxygens (including phenoxy) is 2. The largest absolute Gasteiger partial charge is 0.498 e. The minimum atomic E-state index is -0.483. The predicted molar refractivity (Wildman–Crippen MR) is 117 cm³/mol. The predicted octanol–water partition coefficient (Wildman–Crippen LogP) is 4.05. The summed E-state index contributed by atoms with van der Waals surface area (Å²) in [6.45, 7) is 8.50. The van der Waals surface area contributed by atoms with Gasteiger partial charge >= 0.3 is 7.12 Å². The maximum Gasteiger partial charge on any atom is 0.498 e. The summed E-state index contributed by atoms with van der Waals surface area (Å²) in [5.74, 6) is 1.43. The molecule has 154 valence electrons. The Kier molecular flexibility index (Phi) is 5.22. The molecule has 0 spiro atoms. The van der Waals surface area contributed by atoms with Gasteiger partial charge in [0.25, 0.3) is 0 Å². The third kappa shape index (κ3) is 3.76. The Bertz CT molecular complexity index is 1120. The zero-order valence-electron chi connectivity index (χ0n) is 17.7. The van der Waals surface area contributed by atoms with E-state index >= 15 is 0 Å². The van der Waals surface area contributed by atoms with E-state index in [9.17, 15) is 0 Å². The van der Waals surface area contributed by atoms with Crippen molar-refractivity contribution >= 4 is 34.1 Å². The van der Waals surface area contributed by atoms with E-state index in [0.717, 1.165) is 27.0 Å². The van der Waals surface area contributed by atoms with Crippen molar-refractivity contribution in [3.63, 3.8) is 0 Å². The van der Waals surface area contributed by atoms with Crippen LogP contribution in [0.4, 0.5) is 0 Å². The number of fused-ring (bicyclic) bond motifs is 1. The minimum Gasteiger partial charge on any atom is -0.497 e. The van der Waals surface area contributed by atoms with Gasteiger partial charge in [0.1, 0.15) is 24.2 Å². The fraction of sp³-hybridized carbons (Fsp3) is 0.364. The molecule has 1 aliphatic rings. The van der Waals surface area contributed by atoms with E-state index in [2.05, 4.69) is 11.1 Å². The Morgan fingerprint density at radius 2 is 1.83 bits per heavy atom. The summed E-state index contributed by atoms with van der Waals surface area (Å²) < 4.78 is 24.8. The second-order valence-corrected chi connectivity index (χ2v) is 9.24. The Morgan fingerprint density at radius 1 is 1.10 bits per heavy atom. The van der Waals surface area contributed by atoms with Gasteiger partial charge in [0, 0.05) is 5.46 Å². The van der Waals surface area contributed by atoms with Crippen LogP contribution in [0.25, 0.3) is 10.2 Å². The number of aromatic nitrogens is 1. The third-order valence-electron chi connectivity index (χ3n) is 5.67. The molecule has 0 aliphatic carbocycles. The van der Waals surface area contributed by atoms with Crippen LogP contribution >= 0.6 is 11.3 Å². The topological polar surface area (TPSA) is 73.6 Å². The van der Waals surface area contributed by atoms with Crippen LogP contribution in [0.2, 0.25) is 0 Å². The molecule has 30 heavy (non-hydrogen) atoms. The molecule has 1 aromatic heterocycles. The summed E-state index contributed by atoms with van der Waals surface area (Å²) in [6.07, 6.45) is 0. The molecule has 2 heterocycles. The molecule has 4 rings (SSSR count). The highest BCUT2D eigenvalue weighted by atomic mass is 32.1. The molecule has 0 saturated carbocycles. The summed E-state index contributed by atoms with van der Waals surface area (Å²) in [7, 11) is 1.15. The number of benzene rings is 2. The zero-order valence-corrected chi connectivity index (χ0v) is 18.5. The van der Waals surface area contributed by atoms with Crippen LogP contribution < -0.4 is 14.9 Å². The van der Waals surface area contributed by atoms with Crippen molar-refractivity contribution in [1.29, 1.82) is 5.26 Å². The molecule has 0 N–H and O–H groups in total. The van der Waals surface area contributed by atoms with Crippen molar-refractivity contribution in [2.24, 2.45) is 0 Å². The number of nitrogens with zero attached hydrogens (tertiary/aromatic N) is 2. The zero-order chi connectivity index (χ0) is 21.5. The van der Waals surface area contributed by atoms with Crippen LogP contribution in [-0.4, -0.2) is 30.4 Å².